The fourth-order valence-corrected chi connectivity index (χ4v) is 3.44. The molecule has 2 aromatic rings. The zero-order chi connectivity index (χ0) is 15.1. The van der Waals surface area contributed by atoms with Crippen molar-refractivity contribution in [2.45, 2.75) is 31.2 Å². The Kier molecular flexibility index (Phi) is 6.15. The van der Waals surface area contributed by atoms with Crippen molar-refractivity contribution in [1.82, 2.24) is 5.32 Å². The third kappa shape index (κ3) is 5.10. The summed E-state index contributed by atoms with van der Waals surface area (Å²) in [7, 11) is 0. The quantitative estimate of drug-likeness (QED) is 0.758. The number of thioether (sulfide) groups is 1. The van der Waals surface area contributed by atoms with Crippen LogP contribution in [0.3, 0.4) is 0 Å². The van der Waals surface area contributed by atoms with Gasteiger partial charge in [0.1, 0.15) is 5.75 Å². The average molecular weight is 301 g/mol. The van der Waals surface area contributed by atoms with Crippen LogP contribution in [0.4, 0.5) is 0 Å². The summed E-state index contributed by atoms with van der Waals surface area (Å²) in [6, 6.07) is 16.4. The lowest BCUT2D eigenvalue weighted by molar-refractivity contribution is 0.473. The zero-order valence-electron chi connectivity index (χ0n) is 12.7. The molecule has 3 heteroatoms. The number of benzene rings is 2. The normalized spacial score (nSPS) is 12.3. The molecule has 21 heavy (non-hydrogen) atoms. The van der Waals surface area contributed by atoms with Crippen LogP contribution in [0.25, 0.3) is 0 Å². The van der Waals surface area contributed by atoms with Crippen molar-refractivity contribution < 1.29 is 5.11 Å². The van der Waals surface area contributed by atoms with Gasteiger partial charge in [0.15, 0.2) is 0 Å². The molecule has 1 atom stereocenters. The molecule has 0 heterocycles. The number of nitrogens with one attached hydrogen (secondary N) is 1. The van der Waals surface area contributed by atoms with E-state index in [1.165, 1.54) is 16.0 Å². The molecule has 2 aromatic carbocycles. The monoisotopic (exact) mass is 301 g/mol. The molecule has 2 rings (SSSR count). The minimum absolute atomic E-state index is 0.342. The van der Waals surface area contributed by atoms with Crippen molar-refractivity contribution in [2.75, 3.05) is 12.3 Å². The van der Waals surface area contributed by atoms with Gasteiger partial charge in [0.2, 0.25) is 0 Å². The molecule has 2 nitrogen and oxygen atoms in total. The van der Waals surface area contributed by atoms with Gasteiger partial charge in [0.05, 0.1) is 0 Å². The van der Waals surface area contributed by atoms with Crippen LogP contribution in [-0.4, -0.2) is 23.4 Å². The van der Waals surface area contributed by atoms with E-state index in [4.69, 9.17) is 0 Å². The predicted molar refractivity (Wildman–Crippen MR) is 91.2 cm³/mol. The Bertz CT molecular complexity index is 571. The van der Waals surface area contributed by atoms with Gasteiger partial charge in [-0.05, 0) is 49.2 Å². The van der Waals surface area contributed by atoms with Crippen LogP contribution in [0.15, 0.2) is 53.4 Å². The van der Waals surface area contributed by atoms with E-state index >= 15 is 0 Å². The lowest BCUT2D eigenvalue weighted by Gasteiger charge is -2.18. The van der Waals surface area contributed by atoms with E-state index in [0.717, 1.165) is 18.7 Å². The molecule has 0 bridgehead atoms. The largest absolute Gasteiger partial charge is 0.508 e. The molecule has 0 aromatic heterocycles. The average Bonchev–Trinajstić information content (AvgIpc) is 2.46. The van der Waals surface area contributed by atoms with Crippen LogP contribution >= 0.6 is 11.8 Å². The van der Waals surface area contributed by atoms with Gasteiger partial charge in [-0.1, -0.05) is 37.3 Å². The number of phenolic OH excluding ortho intramolecular Hbond substituents is 1. The Hall–Kier alpha value is -1.45. The molecule has 0 spiro atoms. The Morgan fingerprint density at radius 3 is 2.67 bits per heavy atom. The van der Waals surface area contributed by atoms with Crippen molar-refractivity contribution >= 4 is 11.8 Å². The molecule has 2 N–H and O–H groups in total. The topological polar surface area (TPSA) is 32.3 Å². The molecule has 0 aliphatic rings. The number of likely N-dealkylation sites (N-methyl/N-ethyl adjacent to an activating group) is 1. The second kappa shape index (κ2) is 8.11. The highest BCUT2D eigenvalue weighted by Crippen LogP contribution is 2.23. The van der Waals surface area contributed by atoms with E-state index in [2.05, 4.69) is 49.5 Å². The Balaban J connectivity index is 1.97. The number of hydrogen-bond donors (Lipinski definition) is 2. The molecule has 0 amide bonds. The van der Waals surface area contributed by atoms with E-state index < -0.39 is 0 Å². The highest BCUT2D eigenvalue weighted by Gasteiger charge is 2.10. The zero-order valence-corrected chi connectivity index (χ0v) is 13.5. The molecule has 0 fully saturated rings. The Morgan fingerprint density at radius 1 is 1.14 bits per heavy atom. The van der Waals surface area contributed by atoms with Gasteiger partial charge < -0.3 is 10.4 Å². The predicted octanol–water partition coefficient (Wildman–Crippen LogP) is 4.01. The van der Waals surface area contributed by atoms with Crippen molar-refractivity contribution in [1.29, 1.82) is 0 Å². The van der Waals surface area contributed by atoms with Gasteiger partial charge in [-0.15, -0.1) is 11.8 Å². The maximum absolute atomic E-state index is 9.57. The van der Waals surface area contributed by atoms with E-state index in [0.29, 0.717) is 11.8 Å². The Morgan fingerprint density at radius 2 is 1.95 bits per heavy atom. The van der Waals surface area contributed by atoms with E-state index in [1.54, 1.807) is 6.07 Å². The van der Waals surface area contributed by atoms with Gasteiger partial charge in [-0.3, -0.25) is 0 Å². The van der Waals surface area contributed by atoms with Crippen molar-refractivity contribution in [3.63, 3.8) is 0 Å². The van der Waals surface area contributed by atoms with Crippen molar-refractivity contribution in [2.24, 2.45) is 0 Å². The maximum Gasteiger partial charge on any atom is 0.115 e. The summed E-state index contributed by atoms with van der Waals surface area (Å²) in [6.45, 7) is 5.24. The van der Waals surface area contributed by atoms with Gasteiger partial charge in [0.25, 0.3) is 0 Å². The third-order valence-corrected chi connectivity index (χ3v) is 4.76. The fraction of sp³-hybridized carbons (Fsp3) is 0.333. The summed E-state index contributed by atoms with van der Waals surface area (Å²) in [5.41, 5.74) is 2.50. The van der Waals surface area contributed by atoms with Gasteiger partial charge in [-0.25, -0.2) is 0 Å². The van der Waals surface area contributed by atoms with Crippen LogP contribution in [-0.2, 0) is 6.42 Å². The van der Waals surface area contributed by atoms with Gasteiger partial charge >= 0.3 is 0 Å². The lowest BCUT2D eigenvalue weighted by Crippen LogP contribution is -2.33. The SMILES string of the molecule is CCNC(CSc1ccccc1C)Cc1cccc(O)c1. The minimum atomic E-state index is 0.342. The summed E-state index contributed by atoms with van der Waals surface area (Å²) in [4.78, 5) is 1.34. The van der Waals surface area contributed by atoms with Crippen LogP contribution in [0.2, 0.25) is 0 Å². The first-order valence-electron chi connectivity index (χ1n) is 7.38. The van der Waals surface area contributed by atoms with E-state index in [-0.39, 0.29) is 0 Å². The van der Waals surface area contributed by atoms with Crippen LogP contribution in [0.5, 0.6) is 5.75 Å². The molecular formula is C18H23NOS. The first-order valence-corrected chi connectivity index (χ1v) is 8.37. The van der Waals surface area contributed by atoms with Gasteiger partial charge in [0, 0.05) is 16.7 Å². The number of aryl methyl sites for hydroxylation is 1. The van der Waals surface area contributed by atoms with Gasteiger partial charge in [-0.2, -0.15) is 0 Å². The summed E-state index contributed by atoms with van der Waals surface area (Å²) in [6.07, 6.45) is 0.932. The lowest BCUT2D eigenvalue weighted by atomic mass is 10.1. The second-order valence-electron chi connectivity index (χ2n) is 5.21. The summed E-state index contributed by atoms with van der Waals surface area (Å²) in [5.74, 6) is 1.36. The van der Waals surface area contributed by atoms with Crippen molar-refractivity contribution in [3.8, 4) is 5.75 Å². The highest BCUT2D eigenvalue weighted by atomic mass is 32.2. The summed E-state index contributed by atoms with van der Waals surface area (Å²) < 4.78 is 0. The molecule has 0 aliphatic carbocycles. The minimum Gasteiger partial charge on any atom is -0.508 e. The molecule has 0 saturated heterocycles. The first kappa shape index (κ1) is 15.9. The molecular weight excluding hydrogens is 278 g/mol. The summed E-state index contributed by atoms with van der Waals surface area (Å²) in [5, 5.41) is 13.1. The van der Waals surface area contributed by atoms with E-state index in [1.807, 2.05) is 23.9 Å². The smallest absolute Gasteiger partial charge is 0.115 e. The number of hydrogen-bond acceptors (Lipinski definition) is 3. The second-order valence-corrected chi connectivity index (χ2v) is 6.27. The highest BCUT2D eigenvalue weighted by molar-refractivity contribution is 7.99. The van der Waals surface area contributed by atoms with Crippen LogP contribution < -0.4 is 5.32 Å². The first-order chi connectivity index (χ1) is 10.2. The molecule has 0 radical (unpaired) electrons. The molecule has 0 aliphatic heterocycles. The number of aromatic hydroxyl groups is 1. The number of rotatable bonds is 7. The standard InChI is InChI=1S/C18H23NOS/c1-3-19-16(11-15-8-6-9-17(20)12-15)13-21-18-10-5-4-7-14(18)2/h4-10,12,16,19-20H,3,11,13H2,1-2H3. The third-order valence-electron chi connectivity index (χ3n) is 3.42. The van der Waals surface area contributed by atoms with E-state index in [9.17, 15) is 5.11 Å². The Labute approximate surface area is 131 Å². The molecule has 0 saturated carbocycles. The summed E-state index contributed by atoms with van der Waals surface area (Å²) >= 11 is 1.89. The van der Waals surface area contributed by atoms with Crippen LogP contribution in [0, 0.1) is 6.92 Å². The molecule has 1 unspecified atom stereocenters. The molecule has 112 valence electrons. The van der Waals surface area contributed by atoms with Crippen molar-refractivity contribution in [3.05, 3.63) is 59.7 Å². The fourth-order valence-electron chi connectivity index (χ4n) is 2.36. The maximum atomic E-state index is 9.57. The number of phenols is 1. The van der Waals surface area contributed by atoms with Crippen LogP contribution in [0.1, 0.15) is 18.1 Å².